The van der Waals surface area contributed by atoms with Crippen molar-refractivity contribution < 1.29 is 0 Å². The van der Waals surface area contributed by atoms with Gasteiger partial charge in [-0.1, -0.05) is 28.1 Å². The number of benzene rings is 1. The Bertz CT molecular complexity index is 371. The van der Waals surface area contributed by atoms with Gasteiger partial charge in [-0.25, -0.2) is 0 Å². The summed E-state index contributed by atoms with van der Waals surface area (Å²) in [6, 6.07) is 9.56. The molecule has 1 aromatic rings. The third-order valence-electron chi connectivity index (χ3n) is 1.73. The lowest BCUT2D eigenvalue weighted by atomic mass is 10.1. The molecule has 0 saturated heterocycles. The molecule has 1 aromatic carbocycles. The number of halogens is 1. The number of hydrogen-bond donors (Lipinski definition) is 1. The summed E-state index contributed by atoms with van der Waals surface area (Å²) in [6.07, 6.45) is 0. The minimum Gasteiger partial charge on any atom is -0.397 e. The normalized spacial score (nSPS) is 11.8. The summed E-state index contributed by atoms with van der Waals surface area (Å²) in [5, 5.41) is 8.62. The van der Waals surface area contributed by atoms with Gasteiger partial charge in [-0.15, -0.1) is 0 Å². The van der Waals surface area contributed by atoms with Crippen molar-refractivity contribution in [2.75, 3.05) is 0 Å². The highest BCUT2D eigenvalue weighted by atomic mass is 79.9. The largest absolute Gasteiger partial charge is 0.397 e. The van der Waals surface area contributed by atoms with Crippen molar-refractivity contribution in [2.45, 2.75) is 6.92 Å². The van der Waals surface area contributed by atoms with Crippen LogP contribution in [0.25, 0.3) is 5.70 Å². The van der Waals surface area contributed by atoms with E-state index in [9.17, 15) is 0 Å². The van der Waals surface area contributed by atoms with Crippen LogP contribution in [0.2, 0.25) is 0 Å². The van der Waals surface area contributed by atoms with Gasteiger partial charge in [0.25, 0.3) is 0 Å². The van der Waals surface area contributed by atoms with Crippen LogP contribution in [0.4, 0.5) is 0 Å². The minimum absolute atomic E-state index is 0.537. The molecule has 0 atom stereocenters. The molecule has 0 aromatic heterocycles. The van der Waals surface area contributed by atoms with Crippen LogP contribution >= 0.6 is 15.9 Å². The number of rotatable bonds is 1. The summed E-state index contributed by atoms with van der Waals surface area (Å²) < 4.78 is 0.999. The second-order valence-electron chi connectivity index (χ2n) is 2.66. The molecular formula is C10H9BrN2. The molecule has 0 amide bonds. The monoisotopic (exact) mass is 236 g/mol. The molecule has 13 heavy (non-hydrogen) atoms. The first-order valence-corrected chi connectivity index (χ1v) is 4.57. The highest BCUT2D eigenvalue weighted by Crippen LogP contribution is 2.16. The predicted molar refractivity (Wildman–Crippen MR) is 56.5 cm³/mol. The summed E-state index contributed by atoms with van der Waals surface area (Å²) in [5.74, 6) is 0. The molecule has 0 spiro atoms. The van der Waals surface area contributed by atoms with E-state index < -0.39 is 0 Å². The van der Waals surface area contributed by atoms with E-state index in [4.69, 9.17) is 11.0 Å². The Morgan fingerprint density at radius 1 is 1.38 bits per heavy atom. The first-order chi connectivity index (χ1) is 6.15. The van der Waals surface area contributed by atoms with Crippen molar-refractivity contribution >= 4 is 21.6 Å². The van der Waals surface area contributed by atoms with Crippen LogP contribution in [0.15, 0.2) is 34.3 Å². The van der Waals surface area contributed by atoms with Gasteiger partial charge in [0.1, 0.15) is 0 Å². The van der Waals surface area contributed by atoms with Gasteiger partial charge in [-0.05, 0) is 24.6 Å². The Labute approximate surface area is 85.8 Å². The van der Waals surface area contributed by atoms with Crippen LogP contribution in [-0.4, -0.2) is 0 Å². The fourth-order valence-corrected chi connectivity index (χ4v) is 1.17. The average Bonchev–Trinajstić information content (AvgIpc) is 2.17. The Balaban J connectivity index is 3.12. The van der Waals surface area contributed by atoms with E-state index in [1.807, 2.05) is 30.3 Å². The molecule has 0 aliphatic carbocycles. The van der Waals surface area contributed by atoms with Crippen molar-refractivity contribution in [1.29, 1.82) is 5.26 Å². The lowest BCUT2D eigenvalue weighted by Crippen LogP contribution is -1.98. The third-order valence-corrected chi connectivity index (χ3v) is 2.26. The number of hydrogen-bond acceptors (Lipinski definition) is 2. The highest BCUT2D eigenvalue weighted by Gasteiger charge is 1.99. The Morgan fingerprint density at radius 3 is 2.38 bits per heavy atom. The summed E-state index contributed by atoms with van der Waals surface area (Å²) in [6.45, 7) is 1.71. The SMILES string of the molecule is CC(C#N)=C(N)c1ccc(Br)cc1. The van der Waals surface area contributed by atoms with Gasteiger partial charge in [-0.3, -0.25) is 0 Å². The van der Waals surface area contributed by atoms with Crippen molar-refractivity contribution in [3.8, 4) is 6.07 Å². The van der Waals surface area contributed by atoms with Crippen LogP contribution in [0, 0.1) is 11.3 Å². The molecule has 0 radical (unpaired) electrons. The van der Waals surface area contributed by atoms with Gasteiger partial charge < -0.3 is 5.73 Å². The van der Waals surface area contributed by atoms with E-state index in [0.717, 1.165) is 10.0 Å². The van der Waals surface area contributed by atoms with Gasteiger partial charge >= 0.3 is 0 Å². The van der Waals surface area contributed by atoms with E-state index in [0.29, 0.717) is 11.3 Å². The average molecular weight is 237 g/mol. The molecule has 2 nitrogen and oxygen atoms in total. The predicted octanol–water partition coefficient (Wildman–Crippen LogP) is 2.66. The van der Waals surface area contributed by atoms with Crippen molar-refractivity contribution in [1.82, 2.24) is 0 Å². The Morgan fingerprint density at radius 2 is 1.92 bits per heavy atom. The zero-order valence-electron chi connectivity index (χ0n) is 7.21. The van der Waals surface area contributed by atoms with E-state index in [-0.39, 0.29) is 0 Å². The van der Waals surface area contributed by atoms with E-state index in [1.165, 1.54) is 0 Å². The molecule has 3 heteroatoms. The summed E-state index contributed by atoms with van der Waals surface area (Å²) in [4.78, 5) is 0. The highest BCUT2D eigenvalue weighted by molar-refractivity contribution is 9.10. The molecule has 0 aliphatic rings. The first-order valence-electron chi connectivity index (χ1n) is 3.77. The number of nitrogens with zero attached hydrogens (tertiary/aromatic N) is 1. The molecule has 0 bridgehead atoms. The lowest BCUT2D eigenvalue weighted by Gasteiger charge is -2.01. The molecular weight excluding hydrogens is 228 g/mol. The van der Waals surface area contributed by atoms with Crippen LogP contribution in [0.5, 0.6) is 0 Å². The van der Waals surface area contributed by atoms with E-state index in [1.54, 1.807) is 6.92 Å². The fraction of sp³-hybridized carbons (Fsp3) is 0.100. The Hall–Kier alpha value is -1.27. The van der Waals surface area contributed by atoms with E-state index in [2.05, 4.69) is 15.9 Å². The fourth-order valence-electron chi connectivity index (χ4n) is 0.906. The maximum absolute atomic E-state index is 8.62. The zero-order chi connectivity index (χ0) is 9.84. The molecule has 0 aliphatic heterocycles. The molecule has 0 fully saturated rings. The van der Waals surface area contributed by atoms with Gasteiger partial charge in [0, 0.05) is 10.0 Å². The summed E-state index contributed by atoms with van der Waals surface area (Å²) >= 11 is 3.33. The quantitative estimate of drug-likeness (QED) is 0.763. The molecule has 0 saturated carbocycles. The molecule has 66 valence electrons. The second-order valence-corrected chi connectivity index (χ2v) is 3.57. The topological polar surface area (TPSA) is 49.8 Å². The van der Waals surface area contributed by atoms with Crippen LogP contribution in [0.3, 0.4) is 0 Å². The van der Waals surface area contributed by atoms with Gasteiger partial charge in [-0.2, -0.15) is 5.26 Å². The zero-order valence-corrected chi connectivity index (χ0v) is 8.80. The summed E-state index contributed by atoms with van der Waals surface area (Å²) in [7, 11) is 0. The van der Waals surface area contributed by atoms with Crippen molar-refractivity contribution in [3.63, 3.8) is 0 Å². The maximum atomic E-state index is 8.62. The van der Waals surface area contributed by atoms with Crippen LogP contribution in [-0.2, 0) is 0 Å². The van der Waals surface area contributed by atoms with E-state index >= 15 is 0 Å². The van der Waals surface area contributed by atoms with Crippen molar-refractivity contribution in [3.05, 3.63) is 39.9 Å². The van der Waals surface area contributed by atoms with Gasteiger partial charge in [0.2, 0.25) is 0 Å². The lowest BCUT2D eigenvalue weighted by molar-refractivity contribution is 1.39. The number of nitrogens with two attached hydrogens (primary N) is 1. The molecule has 1 rings (SSSR count). The number of nitriles is 1. The molecule has 2 N–H and O–H groups in total. The molecule has 0 unspecified atom stereocenters. The maximum Gasteiger partial charge on any atom is 0.0965 e. The Kier molecular flexibility index (Phi) is 3.10. The van der Waals surface area contributed by atoms with Gasteiger partial charge in [0.15, 0.2) is 0 Å². The second kappa shape index (κ2) is 4.11. The number of allylic oxidation sites excluding steroid dienone is 1. The smallest absolute Gasteiger partial charge is 0.0965 e. The minimum atomic E-state index is 0.537. The van der Waals surface area contributed by atoms with Gasteiger partial charge in [0.05, 0.1) is 11.8 Å². The van der Waals surface area contributed by atoms with Crippen molar-refractivity contribution in [2.24, 2.45) is 5.73 Å². The summed E-state index contributed by atoms with van der Waals surface area (Å²) in [5.41, 5.74) is 7.70. The van der Waals surface area contributed by atoms with Crippen LogP contribution < -0.4 is 5.73 Å². The standard InChI is InChI=1S/C10H9BrN2/c1-7(6-12)10(13)8-2-4-9(11)5-3-8/h2-5H,13H2,1H3. The third kappa shape index (κ3) is 2.33. The van der Waals surface area contributed by atoms with Crippen LogP contribution in [0.1, 0.15) is 12.5 Å². The first kappa shape index (κ1) is 9.82. The molecule has 0 heterocycles.